The molecule has 1 radical (unpaired) electrons. The van der Waals surface area contributed by atoms with Crippen LogP contribution in [0.4, 0.5) is 0 Å². The van der Waals surface area contributed by atoms with Gasteiger partial charge in [-0.3, -0.25) is 19.3 Å². The third-order valence-corrected chi connectivity index (χ3v) is 1.12. The van der Waals surface area contributed by atoms with Gasteiger partial charge in [0.05, 0.1) is 6.54 Å². The lowest BCUT2D eigenvalue weighted by molar-refractivity contribution is -0.135. The summed E-state index contributed by atoms with van der Waals surface area (Å²) in [4.78, 5) is 31.8. The summed E-state index contributed by atoms with van der Waals surface area (Å²) in [7, 11) is 0. The predicted octanol–water partition coefficient (Wildman–Crippen LogP) is -0.979. The molecular weight excluding hydrogens is 134 g/mol. The van der Waals surface area contributed by atoms with Crippen molar-refractivity contribution in [3.8, 4) is 0 Å². The Balaban J connectivity index is 2.69. The molecule has 10 heavy (non-hydrogen) atoms. The Labute approximate surface area is 57.1 Å². The summed E-state index contributed by atoms with van der Waals surface area (Å²) in [5.41, 5.74) is 0. The molecule has 0 N–H and O–H groups in total. The summed E-state index contributed by atoms with van der Waals surface area (Å²) in [6.45, 7) is -0.273. The molecular formula is C6H4NO3. The van der Waals surface area contributed by atoms with Crippen molar-refractivity contribution in [2.45, 2.75) is 0 Å². The minimum Gasteiger partial charge on any atom is -0.289 e. The van der Waals surface area contributed by atoms with E-state index in [1.807, 2.05) is 0 Å². The summed E-state index contributed by atoms with van der Waals surface area (Å²) in [6.07, 6.45) is 3.71. The van der Waals surface area contributed by atoms with Crippen LogP contribution >= 0.6 is 0 Å². The Kier molecular flexibility index (Phi) is 1.62. The Hall–Kier alpha value is -1.45. The highest BCUT2D eigenvalue weighted by atomic mass is 16.2. The third kappa shape index (κ3) is 0.953. The molecule has 0 saturated heterocycles. The first kappa shape index (κ1) is 6.67. The van der Waals surface area contributed by atoms with Crippen molar-refractivity contribution in [3.05, 3.63) is 12.2 Å². The summed E-state index contributed by atoms with van der Waals surface area (Å²) < 4.78 is 0. The predicted molar refractivity (Wildman–Crippen MR) is 31.6 cm³/mol. The molecule has 0 fully saturated rings. The standard InChI is InChI=1S/C6H4NO3/c8-4-3-7-5(9)1-2-6(7)10/h1-2H,3H2. The van der Waals surface area contributed by atoms with Crippen molar-refractivity contribution < 1.29 is 14.4 Å². The first-order chi connectivity index (χ1) is 4.75. The molecule has 0 atom stereocenters. The number of carbonyl (C=O) groups excluding carboxylic acids is 3. The highest BCUT2D eigenvalue weighted by Crippen LogP contribution is 2.00. The number of hydrogen-bond donors (Lipinski definition) is 0. The molecule has 0 saturated carbocycles. The number of hydrogen-bond acceptors (Lipinski definition) is 3. The van der Waals surface area contributed by atoms with E-state index in [4.69, 9.17) is 0 Å². The van der Waals surface area contributed by atoms with Crippen molar-refractivity contribution in [3.63, 3.8) is 0 Å². The fraction of sp³-hybridized carbons (Fsp3) is 0.167. The molecule has 2 amide bonds. The van der Waals surface area contributed by atoms with Crippen LogP contribution in [0.5, 0.6) is 0 Å². The Bertz CT molecular complexity index is 201. The van der Waals surface area contributed by atoms with E-state index in [1.54, 1.807) is 0 Å². The van der Waals surface area contributed by atoms with Crippen LogP contribution in [-0.2, 0) is 14.4 Å². The average Bonchev–Trinajstić information content (AvgIpc) is 2.20. The SMILES string of the molecule is O=[C]CN1C(=O)C=CC1=O. The van der Waals surface area contributed by atoms with E-state index in [-0.39, 0.29) is 6.54 Å². The highest BCUT2D eigenvalue weighted by molar-refractivity contribution is 6.13. The second-order valence-corrected chi connectivity index (χ2v) is 1.74. The van der Waals surface area contributed by atoms with Gasteiger partial charge in [-0.15, -0.1) is 0 Å². The zero-order valence-corrected chi connectivity index (χ0v) is 5.03. The van der Waals surface area contributed by atoms with Crippen molar-refractivity contribution in [2.75, 3.05) is 6.54 Å². The van der Waals surface area contributed by atoms with Gasteiger partial charge in [-0.05, 0) is 0 Å². The van der Waals surface area contributed by atoms with E-state index in [1.165, 1.54) is 6.29 Å². The number of imide groups is 1. The number of nitrogens with zero attached hydrogens (tertiary/aromatic N) is 1. The monoisotopic (exact) mass is 138 g/mol. The molecule has 0 aliphatic carbocycles. The highest BCUT2D eigenvalue weighted by Gasteiger charge is 2.22. The maximum absolute atomic E-state index is 10.6. The molecule has 0 bridgehead atoms. The molecule has 0 unspecified atom stereocenters. The van der Waals surface area contributed by atoms with E-state index in [2.05, 4.69) is 0 Å². The smallest absolute Gasteiger partial charge is 0.254 e. The van der Waals surface area contributed by atoms with Gasteiger partial charge in [0.1, 0.15) is 0 Å². The maximum atomic E-state index is 10.6. The lowest BCUT2D eigenvalue weighted by atomic mass is 10.5. The first-order valence-electron chi connectivity index (χ1n) is 2.64. The molecule has 4 nitrogen and oxygen atoms in total. The van der Waals surface area contributed by atoms with Gasteiger partial charge in [0, 0.05) is 12.2 Å². The minimum absolute atomic E-state index is 0.273. The Morgan fingerprint density at radius 3 is 2.20 bits per heavy atom. The fourth-order valence-corrected chi connectivity index (χ4v) is 0.652. The van der Waals surface area contributed by atoms with Crippen LogP contribution in [0.1, 0.15) is 0 Å². The third-order valence-electron chi connectivity index (χ3n) is 1.12. The Morgan fingerprint density at radius 1 is 1.30 bits per heavy atom. The van der Waals surface area contributed by atoms with Gasteiger partial charge in [-0.2, -0.15) is 0 Å². The lowest BCUT2D eigenvalue weighted by Crippen LogP contribution is -2.31. The normalized spacial score (nSPS) is 16.6. The first-order valence-corrected chi connectivity index (χ1v) is 2.64. The Morgan fingerprint density at radius 2 is 1.80 bits per heavy atom. The van der Waals surface area contributed by atoms with Gasteiger partial charge in [0.2, 0.25) is 6.29 Å². The van der Waals surface area contributed by atoms with E-state index >= 15 is 0 Å². The van der Waals surface area contributed by atoms with E-state index in [9.17, 15) is 14.4 Å². The van der Waals surface area contributed by atoms with Crippen molar-refractivity contribution in [1.29, 1.82) is 0 Å². The molecule has 0 aromatic heterocycles. The number of amides is 2. The van der Waals surface area contributed by atoms with Crippen LogP contribution in [0.2, 0.25) is 0 Å². The zero-order chi connectivity index (χ0) is 7.56. The maximum Gasteiger partial charge on any atom is 0.254 e. The summed E-state index contributed by atoms with van der Waals surface area (Å²) in [6, 6.07) is 0. The molecule has 0 aromatic rings. The molecule has 1 aliphatic rings. The zero-order valence-electron chi connectivity index (χ0n) is 5.03. The fourth-order valence-electron chi connectivity index (χ4n) is 0.652. The van der Waals surface area contributed by atoms with Crippen LogP contribution in [0.3, 0.4) is 0 Å². The van der Waals surface area contributed by atoms with Crippen molar-refractivity contribution >= 4 is 18.1 Å². The van der Waals surface area contributed by atoms with E-state index < -0.39 is 11.8 Å². The van der Waals surface area contributed by atoms with Gasteiger partial charge < -0.3 is 0 Å². The second kappa shape index (κ2) is 2.43. The molecule has 1 heterocycles. The van der Waals surface area contributed by atoms with Crippen LogP contribution < -0.4 is 0 Å². The summed E-state index contributed by atoms with van der Waals surface area (Å²) in [5, 5.41) is 0. The summed E-state index contributed by atoms with van der Waals surface area (Å²) in [5.74, 6) is -0.901. The quantitative estimate of drug-likeness (QED) is 0.461. The van der Waals surface area contributed by atoms with Crippen LogP contribution in [-0.4, -0.2) is 29.5 Å². The van der Waals surface area contributed by atoms with Gasteiger partial charge in [-0.25, -0.2) is 0 Å². The molecule has 4 heteroatoms. The van der Waals surface area contributed by atoms with Gasteiger partial charge in [0.15, 0.2) is 0 Å². The van der Waals surface area contributed by atoms with Gasteiger partial charge in [-0.1, -0.05) is 0 Å². The van der Waals surface area contributed by atoms with Crippen LogP contribution in [0.25, 0.3) is 0 Å². The van der Waals surface area contributed by atoms with Crippen LogP contribution in [0, 0.1) is 0 Å². The topological polar surface area (TPSA) is 54.5 Å². The molecule has 0 spiro atoms. The van der Waals surface area contributed by atoms with E-state index in [0.717, 1.165) is 17.1 Å². The number of carbonyl (C=O) groups is 2. The van der Waals surface area contributed by atoms with E-state index in [0.29, 0.717) is 0 Å². The van der Waals surface area contributed by atoms with Gasteiger partial charge in [0.25, 0.3) is 11.8 Å². The number of rotatable bonds is 2. The van der Waals surface area contributed by atoms with Crippen molar-refractivity contribution in [2.24, 2.45) is 0 Å². The lowest BCUT2D eigenvalue weighted by Gasteiger charge is -2.06. The van der Waals surface area contributed by atoms with Crippen LogP contribution in [0.15, 0.2) is 12.2 Å². The molecule has 0 aromatic carbocycles. The summed E-state index contributed by atoms with van der Waals surface area (Å²) >= 11 is 0. The average molecular weight is 138 g/mol. The molecule has 1 rings (SSSR count). The second-order valence-electron chi connectivity index (χ2n) is 1.74. The molecule has 1 aliphatic heterocycles. The minimum atomic E-state index is -0.451. The molecule has 51 valence electrons. The van der Waals surface area contributed by atoms with Crippen molar-refractivity contribution in [1.82, 2.24) is 4.90 Å². The largest absolute Gasteiger partial charge is 0.289 e. The van der Waals surface area contributed by atoms with Gasteiger partial charge >= 0.3 is 0 Å².